The zero-order valence-electron chi connectivity index (χ0n) is 12.1. The minimum Gasteiger partial charge on any atom is -0.480 e. The van der Waals surface area contributed by atoms with E-state index < -0.39 is 10.0 Å². The smallest absolute Gasteiger partial charge is 0.263 e. The van der Waals surface area contributed by atoms with Gasteiger partial charge >= 0.3 is 0 Å². The predicted octanol–water partition coefficient (Wildman–Crippen LogP) is 1.51. The second-order valence-corrected chi connectivity index (χ2v) is 6.25. The molecule has 23 heavy (non-hydrogen) atoms. The van der Waals surface area contributed by atoms with Gasteiger partial charge in [-0.2, -0.15) is 0 Å². The molecule has 0 bridgehead atoms. The van der Waals surface area contributed by atoms with E-state index in [1.807, 2.05) is 0 Å². The Hall–Kier alpha value is -2.39. The van der Waals surface area contributed by atoms with E-state index in [1.54, 1.807) is 0 Å². The highest BCUT2D eigenvalue weighted by Crippen LogP contribution is 2.19. The molecule has 0 fully saturated rings. The maximum Gasteiger partial charge on any atom is 0.263 e. The fourth-order valence-corrected chi connectivity index (χ4v) is 2.63. The normalized spacial score (nSPS) is 12.0. The lowest BCUT2D eigenvalue weighted by Gasteiger charge is -2.07. The number of ether oxygens (including phenoxy) is 1. The van der Waals surface area contributed by atoms with Crippen molar-refractivity contribution in [3.05, 3.63) is 36.4 Å². The first-order chi connectivity index (χ1) is 10.9. The van der Waals surface area contributed by atoms with Crippen LogP contribution in [-0.4, -0.2) is 37.4 Å². The molecule has 1 aromatic heterocycles. The zero-order chi connectivity index (χ0) is 16.9. The molecule has 1 aromatic carbocycles. The number of amidine groups is 1. The van der Waals surface area contributed by atoms with Gasteiger partial charge in [-0.1, -0.05) is 0 Å². The van der Waals surface area contributed by atoms with Gasteiger partial charge in [0.15, 0.2) is 5.82 Å². The highest BCUT2D eigenvalue weighted by atomic mass is 35.5. The van der Waals surface area contributed by atoms with Gasteiger partial charge in [0.2, 0.25) is 5.88 Å². The highest BCUT2D eigenvalue weighted by Gasteiger charge is 2.15. The number of nitrogens with zero attached hydrogens (tertiary/aromatic N) is 3. The Balaban J connectivity index is 2.18. The molecule has 2 aromatic rings. The van der Waals surface area contributed by atoms with Gasteiger partial charge in [-0.25, -0.2) is 13.4 Å². The summed E-state index contributed by atoms with van der Waals surface area (Å²) in [6.45, 7) is 0. The van der Waals surface area contributed by atoms with Gasteiger partial charge in [-0.05, 0) is 30.3 Å². The predicted molar refractivity (Wildman–Crippen MR) is 87.8 cm³/mol. The first-order valence-corrected chi connectivity index (χ1v) is 8.36. The van der Waals surface area contributed by atoms with Crippen molar-refractivity contribution in [1.29, 1.82) is 0 Å². The van der Waals surface area contributed by atoms with Crippen LogP contribution in [0, 0.1) is 0 Å². The molecule has 0 aliphatic heterocycles. The van der Waals surface area contributed by atoms with Crippen molar-refractivity contribution in [3.8, 4) is 5.88 Å². The fourth-order valence-electron chi connectivity index (χ4n) is 1.58. The number of sulfonamides is 1. The van der Waals surface area contributed by atoms with Crippen molar-refractivity contribution >= 4 is 39.0 Å². The van der Waals surface area contributed by atoms with Gasteiger partial charge < -0.3 is 10.5 Å². The van der Waals surface area contributed by atoms with Crippen molar-refractivity contribution in [2.45, 2.75) is 4.90 Å². The van der Waals surface area contributed by atoms with Gasteiger partial charge in [0.05, 0.1) is 23.6 Å². The van der Waals surface area contributed by atoms with Crippen molar-refractivity contribution < 1.29 is 13.2 Å². The number of rotatable bonds is 6. The molecule has 0 spiro atoms. The van der Waals surface area contributed by atoms with E-state index in [0.717, 1.165) is 0 Å². The molecule has 3 N–H and O–H groups in total. The Morgan fingerprint density at radius 3 is 2.48 bits per heavy atom. The summed E-state index contributed by atoms with van der Waals surface area (Å²) >= 11 is 5.53. The molecular weight excluding hydrogens is 342 g/mol. The number of benzene rings is 1. The van der Waals surface area contributed by atoms with Gasteiger partial charge in [0.25, 0.3) is 10.0 Å². The van der Waals surface area contributed by atoms with E-state index in [9.17, 15) is 8.42 Å². The van der Waals surface area contributed by atoms with Crippen molar-refractivity contribution in [2.75, 3.05) is 17.7 Å². The molecular formula is C13H14ClN5O3S. The molecule has 0 unspecified atom stereocenters. The van der Waals surface area contributed by atoms with Crippen molar-refractivity contribution in [2.24, 2.45) is 10.7 Å². The van der Waals surface area contributed by atoms with E-state index in [1.165, 1.54) is 43.5 Å². The molecule has 0 aliphatic carbocycles. The molecule has 1 heterocycles. The van der Waals surface area contributed by atoms with Crippen molar-refractivity contribution in [1.82, 2.24) is 10.2 Å². The van der Waals surface area contributed by atoms with Gasteiger partial charge in [0, 0.05) is 6.07 Å². The van der Waals surface area contributed by atoms with E-state index in [4.69, 9.17) is 22.1 Å². The minimum absolute atomic E-state index is 0.0542. The average Bonchev–Trinajstić information content (AvgIpc) is 2.55. The number of hydrogen-bond acceptors (Lipinski definition) is 6. The average molecular weight is 356 g/mol. The molecule has 0 amide bonds. The number of methoxy groups -OCH3 is 1. The Labute approximate surface area is 138 Å². The van der Waals surface area contributed by atoms with E-state index >= 15 is 0 Å². The van der Waals surface area contributed by atoms with Crippen LogP contribution in [-0.2, 0) is 10.0 Å². The lowest BCUT2D eigenvalue weighted by atomic mass is 10.3. The molecule has 0 saturated carbocycles. The summed E-state index contributed by atoms with van der Waals surface area (Å²) in [6, 6.07) is 8.79. The second kappa shape index (κ2) is 7.25. The maximum atomic E-state index is 12.3. The summed E-state index contributed by atoms with van der Waals surface area (Å²) in [5.41, 5.74) is 6.02. The first kappa shape index (κ1) is 17.0. The topological polar surface area (TPSA) is 120 Å². The number of aliphatic imine (C=N–C) groups is 1. The van der Waals surface area contributed by atoms with Crippen molar-refractivity contribution in [3.63, 3.8) is 0 Å². The SMILES string of the molecule is COc1ccc(NS(=O)(=O)c2ccc(N=C(N)CCl)cc2)nn1. The third kappa shape index (κ3) is 4.54. The van der Waals surface area contributed by atoms with Crippen LogP contribution in [0.4, 0.5) is 11.5 Å². The van der Waals surface area contributed by atoms with Crippen LogP contribution < -0.4 is 15.2 Å². The van der Waals surface area contributed by atoms with E-state index in [0.29, 0.717) is 5.69 Å². The molecule has 8 nitrogen and oxygen atoms in total. The summed E-state index contributed by atoms with van der Waals surface area (Å²) in [5.74, 6) is 0.706. The number of nitrogens with one attached hydrogen (secondary N) is 1. The standard InChI is InChI=1S/C13H14ClN5O3S/c1-22-13-7-6-12(17-18-13)19-23(20,21)10-4-2-9(3-5-10)16-11(15)8-14/h2-7H,8H2,1H3,(H2,15,16)(H,17,19). The number of hydrogen-bond donors (Lipinski definition) is 2. The van der Waals surface area contributed by atoms with E-state index in [2.05, 4.69) is 19.9 Å². The molecule has 10 heteroatoms. The maximum absolute atomic E-state index is 12.3. The molecule has 0 aliphatic rings. The van der Waals surface area contributed by atoms with Gasteiger partial charge in [0.1, 0.15) is 5.84 Å². The molecule has 0 radical (unpaired) electrons. The number of alkyl halides is 1. The minimum atomic E-state index is -3.78. The summed E-state index contributed by atoms with van der Waals surface area (Å²) in [4.78, 5) is 4.07. The van der Waals surface area contributed by atoms with E-state index in [-0.39, 0.29) is 28.3 Å². The number of halogens is 1. The Kier molecular flexibility index (Phi) is 5.35. The molecule has 122 valence electrons. The summed E-state index contributed by atoms with van der Waals surface area (Å²) in [5, 5.41) is 7.40. The number of anilines is 1. The molecule has 0 saturated heterocycles. The number of nitrogens with two attached hydrogens (primary N) is 1. The molecule has 2 rings (SSSR count). The van der Waals surface area contributed by atoms with Crippen LogP contribution >= 0.6 is 11.6 Å². The third-order valence-corrected chi connectivity index (χ3v) is 4.29. The van der Waals surface area contributed by atoms with Crippen LogP contribution in [0.1, 0.15) is 0 Å². The number of aromatic nitrogens is 2. The van der Waals surface area contributed by atoms with Crippen LogP contribution in [0.5, 0.6) is 5.88 Å². The summed E-state index contributed by atoms with van der Waals surface area (Å²) in [7, 11) is -2.34. The Morgan fingerprint density at radius 2 is 1.96 bits per heavy atom. The highest BCUT2D eigenvalue weighted by molar-refractivity contribution is 7.92. The van der Waals surface area contributed by atoms with Crippen LogP contribution in [0.2, 0.25) is 0 Å². The van der Waals surface area contributed by atoms with Gasteiger partial charge in [-0.3, -0.25) is 4.72 Å². The summed E-state index contributed by atoms with van der Waals surface area (Å²) < 4.78 is 31.7. The quantitative estimate of drug-likeness (QED) is 0.460. The van der Waals surface area contributed by atoms with Crippen LogP contribution in [0.15, 0.2) is 46.3 Å². The summed E-state index contributed by atoms with van der Waals surface area (Å²) in [6.07, 6.45) is 0. The molecule has 0 atom stereocenters. The van der Waals surface area contributed by atoms with Gasteiger partial charge in [-0.15, -0.1) is 21.8 Å². The third-order valence-electron chi connectivity index (χ3n) is 2.64. The monoisotopic (exact) mass is 355 g/mol. The van der Waals surface area contributed by atoms with Crippen LogP contribution in [0.25, 0.3) is 0 Å². The largest absolute Gasteiger partial charge is 0.480 e. The fraction of sp³-hybridized carbons (Fsp3) is 0.154. The lowest BCUT2D eigenvalue weighted by molar-refractivity contribution is 0.392. The Bertz CT molecular complexity index is 791. The first-order valence-electron chi connectivity index (χ1n) is 6.34. The van der Waals surface area contributed by atoms with Crippen LogP contribution in [0.3, 0.4) is 0 Å². The zero-order valence-corrected chi connectivity index (χ0v) is 13.7. The lowest BCUT2D eigenvalue weighted by Crippen LogP contribution is -2.14. The second-order valence-electron chi connectivity index (χ2n) is 4.30. The Morgan fingerprint density at radius 1 is 1.26 bits per heavy atom.